The minimum Gasteiger partial charge on any atom is -0.396 e. The SMILES string of the molecule is CC(CCNc1ccncc1N)c1ccccc1. The second-order valence-electron chi connectivity index (χ2n) is 4.49. The molecule has 0 saturated carbocycles. The summed E-state index contributed by atoms with van der Waals surface area (Å²) < 4.78 is 0. The molecule has 3 heteroatoms. The lowest BCUT2D eigenvalue weighted by Gasteiger charge is -2.13. The first kappa shape index (κ1) is 12.4. The zero-order chi connectivity index (χ0) is 12.8. The maximum atomic E-state index is 5.82. The van der Waals surface area contributed by atoms with Gasteiger partial charge in [0.05, 0.1) is 17.6 Å². The molecule has 1 aromatic carbocycles. The molecule has 2 rings (SSSR count). The van der Waals surface area contributed by atoms with Crippen LogP contribution in [0.15, 0.2) is 48.8 Å². The first-order chi connectivity index (χ1) is 8.77. The average molecular weight is 241 g/mol. The molecule has 0 fully saturated rings. The van der Waals surface area contributed by atoms with Crippen molar-refractivity contribution in [2.45, 2.75) is 19.3 Å². The van der Waals surface area contributed by atoms with Crippen LogP contribution in [0.4, 0.5) is 11.4 Å². The predicted molar refractivity (Wildman–Crippen MR) is 76.6 cm³/mol. The topological polar surface area (TPSA) is 50.9 Å². The third kappa shape index (κ3) is 3.23. The molecule has 2 aromatic rings. The summed E-state index contributed by atoms with van der Waals surface area (Å²) in [6, 6.07) is 12.5. The number of pyridine rings is 1. The van der Waals surface area contributed by atoms with Crippen molar-refractivity contribution >= 4 is 11.4 Å². The second kappa shape index (κ2) is 6.05. The van der Waals surface area contributed by atoms with Crippen LogP contribution in [0.1, 0.15) is 24.8 Å². The van der Waals surface area contributed by atoms with Crippen molar-refractivity contribution in [1.82, 2.24) is 4.98 Å². The molecule has 94 valence electrons. The molecule has 1 heterocycles. The van der Waals surface area contributed by atoms with E-state index in [4.69, 9.17) is 5.73 Å². The molecular weight excluding hydrogens is 222 g/mol. The van der Waals surface area contributed by atoms with Gasteiger partial charge in [-0.2, -0.15) is 0 Å². The normalized spacial score (nSPS) is 12.1. The van der Waals surface area contributed by atoms with Gasteiger partial charge in [-0.05, 0) is 24.0 Å². The molecule has 0 aliphatic rings. The minimum absolute atomic E-state index is 0.543. The smallest absolute Gasteiger partial charge is 0.0736 e. The average Bonchev–Trinajstić information content (AvgIpc) is 2.42. The molecule has 0 bridgehead atoms. The second-order valence-corrected chi connectivity index (χ2v) is 4.49. The number of anilines is 2. The fourth-order valence-electron chi connectivity index (χ4n) is 1.94. The first-order valence-electron chi connectivity index (χ1n) is 6.25. The molecular formula is C15H19N3. The summed E-state index contributed by atoms with van der Waals surface area (Å²) in [5, 5.41) is 3.35. The van der Waals surface area contributed by atoms with E-state index < -0.39 is 0 Å². The number of hydrogen-bond acceptors (Lipinski definition) is 3. The van der Waals surface area contributed by atoms with Gasteiger partial charge in [0.15, 0.2) is 0 Å². The van der Waals surface area contributed by atoms with Crippen LogP contribution in [-0.2, 0) is 0 Å². The van der Waals surface area contributed by atoms with Gasteiger partial charge in [-0.3, -0.25) is 4.98 Å². The van der Waals surface area contributed by atoms with Crippen molar-refractivity contribution in [2.24, 2.45) is 0 Å². The van der Waals surface area contributed by atoms with Crippen molar-refractivity contribution in [1.29, 1.82) is 0 Å². The Labute approximate surface area is 108 Å². The van der Waals surface area contributed by atoms with Gasteiger partial charge in [-0.15, -0.1) is 0 Å². The van der Waals surface area contributed by atoms with E-state index in [0.29, 0.717) is 11.6 Å². The van der Waals surface area contributed by atoms with Crippen molar-refractivity contribution in [3.8, 4) is 0 Å². The summed E-state index contributed by atoms with van der Waals surface area (Å²) in [4.78, 5) is 3.97. The number of nitrogen functional groups attached to an aromatic ring is 1. The van der Waals surface area contributed by atoms with Crippen LogP contribution in [0, 0.1) is 0 Å². The van der Waals surface area contributed by atoms with Gasteiger partial charge in [0.1, 0.15) is 0 Å². The van der Waals surface area contributed by atoms with Gasteiger partial charge in [-0.25, -0.2) is 0 Å². The Kier molecular flexibility index (Phi) is 4.18. The largest absolute Gasteiger partial charge is 0.396 e. The number of nitrogens with zero attached hydrogens (tertiary/aromatic N) is 1. The summed E-state index contributed by atoms with van der Waals surface area (Å²) in [6.07, 6.45) is 4.49. The minimum atomic E-state index is 0.543. The number of aromatic nitrogens is 1. The van der Waals surface area contributed by atoms with Crippen molar-refractivity contribution in [3.05, 3.63) is 54.4 Å². The molecule has 1 atom stereocenters. The van der Waals surface area contributed by atoms with Crippen molar-refractivity contribution < 1.29 is 0 Å². The van der Waals surface area contributed by atoms with E-state index in [1.54, 1.807) is 12.4 Å². The molecule has 0 saturated heterocycles. The lowest BCUT2D eigenvalue weighted by atomic mass is 9.98. The molecule has 0 spiro atoms. The highest BCUT2D eigenvalue weighted by Gasteiger charge is 2.04. The number of benzene rings is 1. The van der Waals surface area contributed by atoms with Gasteiger partial charge in [0.2, 0.25) is 0 Å². The van der Waals surface area contributed by atoms with E-state index >= 15 is 0 Å². The monoisotopic (exact) mass is 241 g/mol. The highest BCUT2D eigenvalue weighted by Crippen LogP contribution is 2.20. The van der Waals surface area contributed by atoms with Crippen molar-refractivity contribution in [2.75, 3.05) is 17.6 Å². The van der Waals surface area contributed by atoms with Gasteiger partial charge < -0.3 is 11.1 Å². The number of rotatable bonds is 5. The molecule has 18 heavy (non-hydrogen) atoms. The summed E-state index contributed by atoms with van der Waals surface area (Å²) in [5.41, 5.74) is 8.86. The quantitative estimate of drug-likeness (QED) is 0.844. The van der Waals surface area contributed by atoms with Gasteiger partial charge in [0, 0.05) is 12.7 Å². The van der Waals surface area contributed by atoms with Crippen LogP contribution < -0.4 is 11.1 Å². The molecule has 0 aliphatic heterocycles. The summed E-state index contributed by atoms with van der Waals surface area (Å²) in [5.74, 6) is 0.543. The Hall–Kier alpha value is -2.03. The number of hydrogen-bond donors (Lipinski definition) is 2. The van der Waals surface area contributed by atoms with Gasteiger partial charge in [-0.1, -0.05) is 37.3 Å². The van der Waals surface area contributed by atoms with Crippen LogP contribution in [0.3, 0.4) is 0 Å². The zero-order valence-corrected chi connectivity index (χ0v) is 10.6. The van der Waals surface area contributed by atoms with E-state index in [0.717, 1.165) is 18.7 Å². The van der Waals surface area contributed by atoms with E-state index in [1.165, 1.54) is 5.56 Å². The van der Waals surface area contributed by atoms with Gasteiger partial charge >= 0.3 is 0 Å². The molecule has 0 aliphatic carbocycles. The Balaban J connectivity index is 1.84. The lowest BCUT2D eigenvalue weighted by Crippen LogP contribution is -2.07. The molecule has 3 nitrogen and oxygen atoms in total. The van der Waals surface area contributed by atoms with E-state index in [-0.39, 0.29) is 0 Å². The van der Waals surface area contributed by atoms with Gasteiger partial charge in [0.25, 0.3) is 0 Å². The Morgan fingerprint density at radius 2 is 2.00 bits per heavy atom. The zero-order valence-electron chi connectivity index (χ0n) is 10.6. The third-order valence-electron chi connectivity index (χ3n) is 3.11. The third-order valence-corrected chi connectivity index (χ3v) is 3.11. The standard InChI is InChI=1S/C15H19N3/c1-12(13-5-3-2-4-6-13)7-10-18-15-8-9-17-11-14(15)16/h2-6,8-9,11-12H,7,10,16H2,1H3,(H,17,18). The van der Waals surface area contributed by atoms with Crippen molar-refractivity contribution in [3.63, 3.8) is 0 Å². The van der Waals surface area contributed by atoms with Crippen LogP contribution in [0.2, 0.25) is 0 Å². The number of nitrogens with one attached hydrogen (secondary N) is 1. The van der Waals surface area contributed by atoms with E-state index in [1.807, 2.05) is 12.1 Å². The summed E-state index contributed by atoms with van der Waals surface area (Å²) >= 11 is 0. The summed E-state index contributed by atoms with van der Waals surface area (Å²) in [7, 11) is 0. The maximum Gasteiger partial charge on any atom is 0.0736 e. The molecule has 3 N–H and O–H groups in total. The Bertz CT molecular complexity index is 482. The summed E-state index contributed by atoms with van der Waals surface area (Å²) in [6.45, 7) is 3.15. The maximum absolute atomic E-state index is 5.82. The van der Waals surface area contributed by atoms with Crippen LogP contribution in [-0.4, -0.2) is 11.5 Å². The highest BCUT2D eigenvalue weighted by molar-refractivity contribution is 5.64. The van der Waals surface area contributed by atoms with Crippen LogP contribution in [0.25, 0.3) is 0 Å². The predicted octanol–water partition coefficient (Wildman–Crippen LogP) is 3.27. The van der Waals surface area contributed by atoms with E-state index in [9.17, 15) is 0 Å². The van der Waals surface area contributed by atoms with Crippen LogP contribution >= 0.6 is 0 Å². The fraction of sp³-hybridized carbons (Fsp3) is 0.267. The Morgan fingerprint density at radius 1 is 1.22 bits per heavy atom. The molecule has 1 aromatic heterocycles. The van der Waals surface area contributed by atoms with E-state index in [2.05, 4.69) is 41.5 Å². The lowest BCUT2D eigenvalue weighted by molar-refractivity contribution is 0.706. The highest BCUT2D eigenvalue weighted by atomic mass is 14.9. The molecule has 0 amide bonds. The van der Waals surface area contributed by atoms with Crippen LogP contribution in [0.5, 0.6) is 0 Å². The number of nitrogens with two attached hydrogens (primary N) is 1. The first-order valence-corrected chi connectivity index (χ1v) is 6.25. The molecule has 1 unspecified atom stereocenters. The Morgan fingerprint density at radius 3 is 2.72 bits per heavy atom. The fourth-order valence-corrected chi connectivity index (χ4v) is 1.94. The molecule has 0 radical (unpaired) electrons.